The summed E-state index contributed by atoms with van der Waals surface area (Å²) in [4.78, 5) is 20.9. The third-order valence-electron chi connectivity index (χ3n) is 3.44. The standard InChI is InChI=1S/C15H17N3O2/c1-10-8-16-14(17-10)15(19)18(2)9-12-7-11-5-3-4-6-13(11)20-12/h3-6,8,12H,7,9H2,1-2H3,(H,16,17). The monoisotopic (exact) mass is 271 g/mol. The number of imidazole rings is 1. The van der Waals surface area contributed by atoms with Crippen LogP contribution in [0.25, 0.3) is 0 Å². The maximum atomic E-state index is 12.2. The van der Waals surface area contributed by atoms with Crippen molar-refractivity contribution in [3.63, 3.8) is 0 Å². The molecular formula is C15H17N3O2. The molecule has 0 saturated heterocycles. The van der Waals surface area contributed by atoms with Crippen LogP contribution >= 0.6 is 0 Å². The Morgan fingerprint density at radius 3 is 3.00 bits per heavy atom. The Balaban J connectivity index is 1.63. The van der Waals surface area contributed by atoms with Gasteiger partial charge in [0, 0.05) is 25.4 Å². The fourth-order valence-electron chi connectivity index (χ4n) is 2.45. The van der Waals surface area contributed by atoms with Crippen molar-refractivity contribution >= 4 is 5.91 Å². The third-order valence-corrected chi connectivity index (χ3v) is 3.44. The topological polar surface area (TPSA) is 58.2 Å². The van der Waals surface area contributed by atoms with E-state index < -0.39 is 0 Å². The molecule has 1 amide bonds. The number of aryl methyl sites for hydroxylation is 1. The number of carbonyl (C=O) groups is 1. The van der Waals surface area contributed by atoms with Gasteiger partial charge in [0.15, 0.2) is 5.82 Å². The van der Waals surface area contributed by atoms with Crippen LogP contribution in [0.15, 0.2) is 30.5 Å². The zero-order valence-electron chi connectivity index (χ0n) is 11.6. The molecule has 20 heavy (non-hydrogen) atoms. The predicted octanol–water partition coefficient (Wildman–Crippen LogP) is 1.79. The molecule has 1 aliphatic heterocycles. The smallest absolute Gasteiger partial charge is 0.289 e. The number of para-hydroxylation sites is 1. The van der Waals surface area contributed by atoms with Crippen molar-refractivity contribution in [2.24, 2.45) is 0 Å². The van der Waals surface area contributed by atoms with E-state index in [0.29, 0.717) is 12.4 Å². The number of hydrogen-bond donors (Lipinski definition) is 1. The van der Waals surface area contributed by atoms with Crippen LogP contribution in [0.1, 0.15) is 21.9 Å². The summed E-state index contributed by atoms with van der Waals surface area (Å²) in [5, 5.41) is 0. The number of rotatable bonds is 3. The predicted molar refractivity (Wildman–Crippen MR) is 74.8 cm³/mol. The summed E-state index contributed by atoms with van der Waals surface area (Å²) < 4.78 is 5.84. The first kappa shape index (κ1) is 12.7. The minimum atomic E-state index is -0.113. The van der Waals surface area contributed by atoms with Crippen LogP contribution in [-0.2, 0) is 6.42 Å². The van der Waals surface area contributed by atoms with Gasteiger partial charge in [0.25, 0.3) is 5.91 Å². The van der Waals surface area contributed by atoms with Crippen molar-refractivity contribution in [2.75, 3.05) is 13.6 Å². The lowest BCUT2D eigenvalue weighted by molar-refractivity contribution is 0.0719. The normalized spacial score (nSPS) is 16.6. The molecule has 5 heteroatoms. The molecular weight excluding hydrogens is 254 g/mol. The van der Waals surface area contributed by atoms with Crippen LogP contribution in [-0.4, -0.2) is 40.5 Å². The number of amides is 1. The summed E-state index contributed by atoms with van der Waals surface area (Å²) >= 11 is 0. The van der Waals surface area contributed by atoms with Gasteiger partial charge < -0.3 is 14.6 Å². The molecule has 1 unspecified atom stereocenters. The number of H-pyrrole nitrogens is 1. The van der Waals surface area contributed by atoms with Gasteiger partial charge in [-0.1, -0.05) is 18.2 Å². The summed E-state index contributed by atoms with van der Waals surface area (Å²) in [7, 11) is 1.77. The van der Waals surface area contributed by atoms with Gasteiger partial charge in [0.2, 0.25) is 0 Å². The highest BCUT2D eigenvalue weighted by molar-refractivity contribution is 5.90. The maximum absolute atomic E-state index is 12.2. The van der Waals surface area contributed by atoms with E-state index in [1.165, 1.54) is 5.56 Å². The average molecular weight is 271 g/mol. The molecule has 0 spiro atoms. The molecule has 0 aliphatic carbocycles. The number of ether oxygens (including phenoxy) is 1. The Morgan fingerprint density at radius 2 is 2.30 bits per heavy atom. The van der Waals surface area contributed by atoms with E-state index in [1.807, 2.05) is 25.1 Å². The molecule has 2 aromatic rings. The second-order valence-corrected chi connectivity index (χ2v) is 5.15. The zero-order valence-corrected chi connectivity index (χ0v) is 11.6. The van der Waals surface area contributed by atoms with E-state index in [-0.39, 0.29) is 12.0 Å². The van der Waals surface area contributed by atoms with E-state index in [4.69, 9.17) is 4.74 Å². The number of carbonyl (C=O) groups excluding carboxylic acids is 1. The summed E-state index contributed by atoms with van der Waals surface area (Å²) in [6.07, 6.45) is 2.51. The lowest BCUT2D eigenvalue weighted by Crippen LogP contribution is -2.36. The van der Waals surface area contributed by atoms with Gasteiger partial charge >= 0.3 is 0 Å². The van der Waals surface area contributed by atoms with Gasteiger partial charge in [-0.15, -0.1) is 0 Å². The van der Waals surface area contributed by atoms with Crippen LogP contribution in [0.5, 0.6) is 5.75 Å². The Hall–Kier alpha value is -2.30. The fourth-order valence-corrected chi connectivity index (χ4v) is 2.45. The lowest BCUT2D eigenvalue weighted by atomic mass is 10.1. The first-order chi connectivity index (χ1) is 9.63. The van der Waals surface area contributed by atoms with E-state index in [9.17, 15) is 4.79 Å². The average Bonchev–Trinajstić information content (AvgIpc) is 3.03. The Labute approximate surface area is 117 Å². The van der Waals surface area contributed by atoms with Gasteiger partial charge in [-0.25, -0.2) is 4.98 Å². The summed E-state index contributed by atoms with van der Waals surface area (Å²) in [5.41, 5.74) is 2.08. The summed E-state index contributed by atoms with van der Waals surface area (Å²) in [5.74, 6) is 1.19. The van der Waals surface area contributed by atoms with Crippen LogP contribution in [0.4, 0.5) is 0 Å². The molecule has 0 saturated carbocycles. The van der Waals surface area contributed by atoms with Crippen molar-refractivity contribution in [3.8, 4) is 5.75 Å². The number of nitrogens with zero attached hydrogens (tertiary/aromatic N) is 2. The molecule has 3 rings (SSSR count). The minimum Gasteiger partial charge on any atom is -0.488 e. The highest BCUT2D eigenvalue weighted by atomic mass is 16.5. The minimum absolute atomic E-state index is 0.0115. The number of benzene rings is 1. The molecule has 0 fully saturated rings. The summed E-state index contributed by atoms with van der Waals surface area (Å²) in [6.45, 7) is 2.42. The second-order valence-electron chi connectivity index (χ2n) is 5.15. The molecule has 0 bridgehead atoms. The van der Waals surface area contributed by atoms with Crippen molar-refractivity contribution in [2.45, 2.75) is 19.4 Å². The van der Waals surface area contributed by atoms with E-state index in [2.05, 4.69) is 16.0 Å². The van der Waals surface area contributed by atoms with E-state index in [1.54, 1.807) is 18.1 Å². The fraction of sp³-hybridized carbons (Fsp3) is 0.333. The van der Waals surface area contributed by atoms with Gasteiger partial charge in [-0.05, 0) is 18.6 Å². The van der Waals surface area contributed by atoms with Crippen molar-refractivity contribution < 1.29 is 9.53 Å². The molecule has 5 nitrogen and oxygen atoms in total. The van der Waals surface area contributed by atoms with Crippen LogP contribution in [0, 0.1) is 6.92 Å². The molecule has 0 radical (unpaired) electrons. The molecule has 1 aromatic heterocycles. The van der Waals surface area contributed by atoms with Crippen molar-refractivity contribution in [3.05, 3.63) is 47.5 Å². The molecule has 2 heterocycles. The number of hydrogen-bond acceptors (Lipinski definition) is 3. The molecule has 104 valence electrons. The van der Waals surface area contributed by atoms with Gasteiger partial charge in [0.05, 0.1) is 6.54 Å². The molecule has 1 aliphatic rings. The van der Waals surface area contributed by atoms with Gasteiger partial charge in [-0.2, -0.15) is 0 Å². The number of likely N-dealkylation sites (N-methyl/N-ethyl adjacent to an activating group) is 1. The van der Waals surface area contributed by atoms with Gasteiger partial charge in [0.1, 0.15) is 11.9 Å². The van der Waals surface area contributed by atoms with E-state index >= 15 is 0 Å². The zero-order chi connectivity index (χ0) is 14.1. The quantitative estimate of drug-likeness (QED) is 0.926. The van der Waals surface area contributed by atoms with Crippen molar-refractivity contribution in [1.29, 1.82) is 0 Å². The highest BCUT2D eigenvalue weighted by Crippen LogP contribution is 2.28. The number of aromatic nitrogens is 2. The van der Waals surface area contributed by atoms with Gasteiger partial charge in [-0.3, -0.25) is 4.79 Å². The molecule has 1 aromatic carbocycles. The second kappa shape index (κ2) is 5.00. The molecule has 1 N–H and O–H groups in total. The van der Waals surface area contributed by atoms with E-state index in [0.717, 1.165) is 17.9 Å². The largest absolute Gasteiger partial charge is 0.488 e. The molecule has 1 atom stereocenters. The lowest BCUT2D eigenvalue weighted by Gasteiger charge is -2.20. The number of nitrogens with one attached hydrogen (secondary N) is 1. The van der Waals surface area contributed by atoms with Crippen LogP contribution in [0.3, 0.4) is 0 Å². The Kier molecular flexibility index (Phi) is 3.18. The Bertz CT molecular complexity index is 611. The van der Waals surface area contributed by atoms with Crippen LogP contribution in [0.2, 0.25) is 0 Å². The SMILES string of the molecule is Cc1cnc(C(=O)N(C)CC2Cc3ccccc3O2)[nH]1. The summed E-state index contributed by atoms with van der Waals surface area (Å²) in [6, 6.07) is 7.99. The first-order valence-corrected chi connectivity index (χ1v) is 6.65. The number of fused-ring (bicyclic) bond motifs is 1. The highest BCUT2D eigenvalue weighted by Gasteiger charge is 2.26. The van der Waals surface area contributed by atoms with Crippen molar-refractivity contribution in [1.82, 2.24) is 14.9 Å². The third kappa shape index (κ3) is 2.39. The maximum Gasteiger partial charge on any atom is 0.289 e. The first-order valence-electron chi connectivity index (χ1n) is 6.65. The van der Waals surface area contributed by atoms with Crippen LogP contribution < -0.4 is 4.74 Å². The number of aromatic amines is 1. The Morgan fingerprint density at radius 1 is 1.50 bits per heavy atom.